The van der Waals surface area contributed by atoms with Gasteiger partial charge in [-0.3, -0.25) is 4.68 Å². The van der Waals surface area contributed by atoms with Crippen LogP contribution in [0.4, 0.5) is 0 Å². The van der Waals surface area contributed by atoms with Crippen LogP contribution in [0, 0.1) is 11.8 Å². The molecule has 0 bridgehead atoms. The summed E-state index contributed by atoms with van der Waals surface area (Å²) in [4.78, 5) is 0. The fourth-order valence-electron chi connectivity index (χ4n) is 2.81. The van der Waals surface area contributed by atoms with Gasteiger partial charge in [0.15, 0.2) is 0 Å². The van der Waals surface area contributed by atoms with Crippen LogP contribution in [0.3, 0.4) is 0 Å². The number of aliphatic hydroxyl groups is 1. The minimum Gasteiger partial charge on any atom is -0.386 e. The van der Waals surface area contributed by atoms with Crippen molar-refractivity contribution >= 4 is 11.6 Å². The number of allylic oxidation sites excluding steroid dienone is 2. The third-order valence-corrected chi connectivity index (χ3v) is 3.78. The van der Waals surface area contributed by atoms with Crippen molar-refractivity contribution in [2.24, 2.45) is 18.9 Å². The van der Waals surface area contributed by atoms with E-state index in [1.165, 1.54) is 5.57 Å². The number of halogens is 1. The van der Waals surface area contributed by atoms with Crippen LogP contribution in [0.15, 0.2) is 17.8 Å². The summed E-state index contributed by atoms with van der Waals surface area (Å²) >= 11 is 6.07. The van der Waals surface area contributed by atoms with E-state index in [1.807, 2.05) is 7.05 Å². The van der Waals surface area contributed by atoms with Crippen LogP contribution in [0.2, 0.25) is 5.02 Å². The molecule has 1 heterocycles. The van der Waals surface area contributed by atoms with E-state index >= 15 is 0 Å². The molecule has 3 nitrogen and oxygen atoms in total. The maximum Gasteiger partial charge on any atom is 0.100 e. The molecule has 1 N–H and O–H groups in total. The molecule has 1 aliphatic rings. The molecule has 3 atom stereocenters. The van der Waals surface area contributed by atoms with Crippen molar-refractivity contribution in [3.05, 3.63) is 28.6 Å². The van der Waals surface area contributed by atoms with E-state index in [9.17, 15) is 5.11 Å². The second kappa shape index (κ2) is 4.83. The highest BCUT2D eigenvalue weighted by Gasteiger charge is 2.29. The summed E-state index contributed by atoms with van der Waals surface area (Å²) < 4.78 is 1.67. The number of hydrogen-bond acceptors (Lipinski definition) is 2. The Balaban J connectivity index is 2.21. The van der Waals surface area contributed by atoms with Gasteiger partial charge in [-0.15, -0.1) is 0 Å². The number of nitrogens with zero attached hydrogens (tertiary/aromatic N) is 2. The molecule has 94 valence electrons. The maximum absolute atomic E-state index is 10.5. The van der Waals surface area contributed by atoms with Crippen molar-refractivity contribution in [1.29, 1.82) is 0 Å². The van der Waals surface area contributed by atoms with Gasteiger partial charge in [-0.1, -0.05) is 30.2 Å². The zero-order chi connectivity index (χ0) is 12.6. The number of aliphatic hydroxyl groups excluding tert-OH is 1. The van der Waals surface area contributed by atoms with E-state index in [4.69, 9.17) is 11.6 Å². The molecule has 17 heavy (non-hydrogen) atoms. The molecule has 4 heteroatoms. The van der Waals surface area contributed by atoms with Crippen molar-refractivity contribution in [1.82, 2.24) is 9.78 Å². The van der Waals surface area contributed by atoms with Crippen LogP contribution in [0.1, 0.15) is 38.5 Å². The SMILES string of the molecule is CC1=CC(C)CC(C(O)c2c(Cl)cnn2C)C1. The van der Waals surface area contributed by atoms with Crippen molar-refractivity contribution in [2.75, 3.05) is 0 Å². The number of hydrogen-bond donors (Lipinski definition) is 1. The minimum absolute atomic E-state index is 0.239. The predicted molar refractivity (Wildman–Crippen MR) is 68.8 cm³/mol. The lowest BCUT2D eigenvalue weighted by molar-refractivity contribution is 0.0859. The van der Waals surface area contributed by atoms with Crippen LogP contribution in [0.5, 0.6) is 0 Å². The molecule has 0 aromatic carbocycles. The molecule has 0 saturated heterocycles. The van der Waals surface area contributed by atoms with Crippen molar-refractivity contribution in [3.8, 4) is 0 Å². The topological polar surface area (TPSA) is 38.1 Å². The van der Waals surface area contributed by atoms with Crippen LogP contribution < -0.4 is 0 Å². The standard InChI is InChI=1S/C13H19ClN2O/c1-8-4-9(2)6-10(5-8)13(17)12-11(14)7-15-16(12)3/h4,7-8,10,13,17H,5-6H2,1-3H3. The van der Waals surface area contributed by atoms with Gasteiger partial charge in [0.05, 0.1) is 16.9 Å². The molecule has 0 amide bonds. The quantitative estimate of drug-likeness (QED) is 0.824. The first-order chi connectivity index (χ1) is 7.99. The molecule has 0 aliphatic heterocycles. The first kappa shape index (κ1) is 12.7. The molecule has 0 saturated carbocycles. The van der Waals surface area contributed by atoms with Crippen LogP contribution in [-0.4, -0.2) is 14.9 Å². The summed E-state index contributed by atoms with van der Waals surface area (Å²) in [6, 6.07) is 0. The molecule has 1 aliphatic carbocycles. The smallest absolute Gasteiger partial charge is 0.100 e. The summed E-state index contributed by atoms with van der Waals surface area (Å²) in [6.07, 6.45) is 5.29. The van der Waals surface area contributed by atoms with Gasteiger partial charge in [0, 0.05) is 7.05 Å². The van der Waals surface area contributed by atoms with Gasteiger partial charge >= 0.3 is 0 Å². The lowest BCUT2D eigenvalue weighted by Gasteiger charge is -2.29. The van der Waals surface area contributed by atoms with Crippen LogP contribution >= 0.6 is 11.6 Å². The predicted octanol–water partition coefficient (Wildman–Crippen LogP) is 3.10. The Morgan fingerprint density at radius 1 is 1.59 bits per heavy atom. The zero-order valence-corrected chi connectivity index (χ0v) is 11.3. The molecule has 0 fully saturated rings. The Bertz CT molecular complexity index is 419. The molecule has 0 radical (unpaired) electrons. The van der Waals surface area contributed by atoms with Crippen LogP contribution in [0.25, 0.3) is 0 Å². The number of aryl methyl sites for hydroxylation is 1. The normalized spacial score (nSPS) is 26.8. The Kier molecular flexibility index (Phi) is 3.59. The van der Waals surface area contributed by atoms with E-state index in [0.29, 0.717) is 10.9 Å². The van der Waals surface area contributed by atoms with E-state index in [1.54, 1.807) is 10.9 Å². The van der Waals surface area contributed by atoms with Gasteiger partial charge in [-0.25, -0.2) is 0 Å². The second-order valence-electron chi connectivity index (χ2n) is 5.14. The molecule has 0 spiro atoms. The summed E-state index contributed by atoms with van der Waals surface area (Å²) in [5.41, 5.74) is 2.09. The Labute approximate surface area is 107 Å². The fraction of sp³-hybridized carbons (Fsp3) is 0.615. The maximum atomic E-state index is 10.5. The molecule has 2 rings (SSSR count). The summed E-state index contributed by atoms with van der Waals surface area (Å²) in [7, 11) is 1.82. The Morgan fingerprint density at radius 2 is 2.29 bits per heavy atom. The molecular formula is C13H19ClN2O. The van der Waals surface area contributed by atoms with Gasteiger partial charge < -0.3 is 5.11 Å². The van der Waals surface area contributed by atoms with Gasteiger partial charge in [-0.05, 0) is 31.6 Å². The van der Waals surface area contributed by atoms with Gasteiger partial charge in [0.25, 0.3) is 0 Å². The van der Waals surface area contributed by atoms with E-state index in [-0.39, 0.29) is 5.92 Å². The zero-order valence-electron chi connectivity index (χ0n) is 10.5. The Morgan fingerprint density at radius 3 is 2.82 bits per heavy atom. The molecular weight excluding hydrogens is 236 g/mol. The molecule has 3 unspecified atom stereocenters. The van der Waals surface area contributed by atoms with E-state index < -0.39 is 6.10 Å². The monoisotopic (exact) mass is 254 g/mol. The number of rotatable bonds is 2. The van der Waals surface area contributed by atoms with Gasteiger partial charge in [-0.2, -0.15) is 5.10 Å². The highest BCUT2D eigenvalue weighted by Crippen LogP contribution is 2.38. The minimum atomic E-state index is -0.527. The lowest BCUT2D eigenvalue weighted by Crippen LogP contribution is -2.21. The fourth-order valence-corrected chi connectivity index (χ4v) is 3.09. The third kappa shape index (κ3) is 2.55. The molecule has 1 aromatic rings. The van der Waals surface area contributed by atoms with Crippen molar-refractivity contribution < 1.29 is 5.11 Å². The molecule has 1 aromatic heterocycles. The van der Waals surface area contributed by atoms with Gasteiger partial charge in [0.2, 0.25) is 0 Å². The highest BCUT2D eigenvalue weighted by atomic mass is 35.5. The second-order valence-corrected chi connectivity index (χ2v) is 5.54. The largest absolute Gasteiger partial charge is 0.386 e. The van der Waals surface area contributed by atoms with Crippen LogP contribution in [-0.2, 0) is 7.05 Å². The average Bonchev–Trinajstić information content (AvgIpc) is 2.56. The van der Waals surface area contributed by atoms with Gasteiger partial charge in [0.1, 0.15) is 6.10 Å². The summed E-state index contributed by atoms with van der Waals surface area (Å²) in [5.74, 6) is 0.762. The first-order valence-electron chi connectivity index (χ1n) is 6.01. The summed E-state index contributed by atoms with van der Waals surface area (Å²) in [6.45, 7) is 4.31. The average molecular weight is 255 g/mol. The van der Waals surface area contributed by atoms with Crippen molar-refractivity contribution in [2.45, 2.75) is 32.8 Å². The number of aromatic nitrogens is 2. The summed E-state index contributed by atoms with van der Waals surface area (Å²) in [5, 5.41) is 15.1. The van der Waals surface area contributed by atoms with Crippen molar-refractivity contribution in [3.63, 3.8) is 0 Å². The third-order valence-electron chi connectivity index (χ3n) is 3.49. The highest BCUT2D eigenvalue weighted by molar-refractivity contribution is 6.31. The Hall–Kier alpha value is -0.800. The lowest BCUT2D eigenvalue weighted by atomic mass is 9.80. The first-order valence-corrected chi connectivity index (χ1v) is 6.39. The van der Waals surface area contributed by atoms with E-state index in [2.05, 4.69) is 25.0 Å². The van der Waals surface area contributed by atoms with E-state index in [0.717, 1.165) is 18.5 Å².